The Morgan fingerprint density at radius 1 is 0.950 bits per heavy atom. The highest BCUT2D eigenvalue weighted by Crippen LogP contribution is 2.33. The molecule has 2 aromatic rings. The molecule has 0 amide bonds. The molecule has 0 unspecified atom stereocenters. The molecular formula is C14H12F3NO2. The van der Waals surface area contributed by atoms with Crippen LogP contribution < -0.4 is 15.2 Å². The van der Waals surface area contributed by atoms with Crippen LogP contribution in [0.15, 0.2) is 30.3 Å². The molecule has 0 radical (unpaired) electrons. The first-order chi connectivity index (χ1) is 9.49. The molecule has 2 N–H and O–H groups in total. The van der Waals surface area contributed by atoms with Crippen LogP contribution in [-0.4, -0.2) is 6.61 Å². The van der Waals surface area contributed by atoms with Crippen molar-refractivity contribution in [1.29, 1.82) is 0 Å². The Bertz CT molecular complexity index is 612. The minimum Gasteiger partial charge on any atom is -0.491 e. The fourth-order valence-electron chi connectivity index (χ4n) is 1.62. The first kappa shape index (κ1) is 14.0. The van der Waals surface area contributed by atoms with E-state index in [0.29, 0.717) is 6.07 Å². The topological polar surface area (TPSA) is 44.5 Å². The van der Waals surface area contributed by atoms with Gasteiger partial charge in [0.25, 0.3) is 0 Å². The largest absolute Gasteiger partial charge is 0.491 e. The van der Waals surface area contributed by atoms with Gasteiger partial charge in [0.05, 0.1) is 12.3 Å². The van der Waals surface area contributed by atoms with E-state index in [1.54, 1.807) is 6.92 Å². The molecule has 0 aliphatic carbocycles. The third-order valence-electron chi connectivity index (χ3n) is 2.43. The van der Waals surface area contributed by atoms with E-state index in [1.165, 1.54) is 6.07 Å². The lowest BCUT2D eigenvalue weighted by molar-refractivity contribution is 0.319. The van der Waals surface area contributed by atoms with E-state index in [1.807, 2.05) is 0 Å². The normalized spacial score (nSPS) is 10.4. The van der Waals surface area contributed by atoms with Crippen LogP contribution in [0, 0.1) is 17.5 Å². The van der Waals surface area contributed by atoms with Crippen molar-refractivity contribution in [2.45, 2.75) is 6.92 Å². The number of rotatable bonds is 4. The monoisotopic (exact) mass is 283 g/mol. The summed E-state index contributed by atoms with van der Waals surface area (Å²) < 4.78 is 49.9. The Balaban J connectivity index is 2.34. The highest BCUT2D eigenvalue weighted by Gasteiger charge is 2.12. The Morgan fingerprint density at radius 2 is 1.60 bits per heavy atom. The Labute approximate surface area is 113 Å². The number of hydrogen-bond donors (Lipinski definition) is 1. The molecule has 0 heterocycles. The Kier molecular flexibility index (Phi) is 4.02. The van der Waals surface area contributed by atoms with E-state index in [0.717, 1.165) is 18.2 Å². The highest BCUT2D eigenvalue weighted by molar-refractivity contribution is 5.57. The molecule has 2 aromatic carbocycles. The van der Waals surface area contributed by atoms with Crippen LogP contribution >= 0.6 is 0 Å². The molecule has 2 rings (SSSR count). The first-order valence-electron chi connectivity index (χ1n) is 5.85. The average molecular weight is 283 g/mol. The zero-order valence-corrected chi connectivity index (χ0v) is 10.6. The van der Waals surface area contributed by atoms with Crippen LogP contribution in [0.4, 0.5) is 18.9 Å². The summed E-state index contributed by atoms with van der Waals surface area (Å²) in [5, 5.41) is 0. The summed E-state index contributed by atoms with van der Waals surface area (Å²) in [5.41, 5.74) is 5.60. The maximum atomic E-state index is 13.5. The van der Waals surface area contributed by atoms with Crippen molar-refractivity contribution in [3.8, 4) is 17.2 Å². The Morgan fingerprint density at radius 3 is 2.20 bits per heavy atom. The van der Waals surface area contributed by atoms with Crippen LogP contribution in [0.1, 0.15) is 6.92 Å². The lowest BCUT2D eigenvalue weighted by atomic mass is 10.2. The van der Waals surface area contributed by atoms with E-state index in [9.17, 15) is 13.2 Å². The molecule has 20 heavy (non-hydrogen) atoms. The van der Waals surface area contributed by atoms with E-state index in [4.69, 9.17) is 15.2 Å². The SMILES string of the molecule is CCOc1cc(Oc2cc(F)cc(F)c2)c(N)cc1F. The van der Waals surface area contributed by atoms with E-state index >= 15 is 0 Å². The van der Waals surface area contributed by atoms with Crippen molar-refractivity contribution in [1.82, 2.24) is 0 Å². The van der Waals surface area contributed by atoms with Gasteiger partial charge in [-0.25, -0.2) is 13.2 Å². The van der Waals surface area contributed by atoms with Crippen molar-refractivity contribution >= 4 is 5.69 Å². The minimum atomic E-state index is -0.786. The van der Waals surface area contributed by atoms with Crippen LogP contribution in [-0.2, 0) is 0 Å². The van der Waals surface area contributed by atoms with Gasteiger partial charge in [-0.1, -0.05) is 0 Å². The summed E-state index contributed by atoms with van der Waals surface area (Å²) in [6.45, 7) is 1.95. The van der Waals surface area contributed by atoms with Crippen molar-refractivity contribution < 1.29 is 22.6 Å². The summed E-state index contributed by atoms with van der Waals surface area (Å²) in [6, 6.07) is 4.96. The fourth-order valence-corrected chi connectivity index (χ4v) is 1.62. The smallest absolute Gasteiger partial charge is 0.167 e. The molecule has 0 aliphatic rings. The van der Waals surface area contributed by atoms with Gasteiger partial charge in [0.15, 0.2) is 17.3 Å². The van der Waals surface area contributed by atoms with Gasteiger partial charge < -0.3 is 15.2 Å². The summed E-state index contributed by atoms with van der Waals surface area (Å²) >= 11 is 0. The standard InChI is InChI=1S/C14H12F3NO2/c1-2-19-13-7-14(12(18)6-11(13)17)20-10-4-8(15)3-9(16)5-10/h3-7H,2,18H2,1H3. The maximum absolute atomic E-state index is 13.5. The summed E-state index contributed by atoms with van der Waals surface area (Å²) in [6.07, 6.45) is 0. The van der Waals surface area contributed by atoms with Crippen LogP contribution in [0.2, 0.25) is 0 Å². The zero-order valence-electron chi connectivity index (χ0n) is 10.6. The van der Waals surface area contributed by atoms with Gasteiger partial charge in [-0.2, -0.15) is 0 Å². The van der Waals surface area contributed by atoms with E-state index < -0.39 is 17.5 Å². The molecule has 0 fully saturated rings. The number of halogens is 3. The van der Waals surface area contributed by atoms with Crippen molar-refractivity contribution in [3.05, 3.63) is 47.8 Å². The Hall–Kier alpha value is -2.37. The number of ether oxygens (including phenoxy) is 2. The summed E-state index contributed by atoms with van der Waals surface area (Å²) in [7, 11) is 0. The summed E-state index contributed by atoms with van der Waals surface area (Å²) in [5.74, 6) is -2.28. The molecule has 0 saturated carbocycles. The molecular weight excluding hydrogens is 271 g/mol. The predicted molar refractivity (Wildman–Crippen MR) is 68.4 cm³/mol. The van der Waals surface area contributed by atoms with Crippen molar-refractivity contribution in [2.75, 3.05) is 12.3 Å². The van der Waals surface area contributed by atoms with Gasteiger partial charge >= 0.3 is 0 Å². The maximum Gasteiger partial charge on any atom is 0.167 e. The number of hydrogen-bond acceptors (Lipinski definition) is 3. The predicted octanol–water partition coefficient (Wildman–Crippen LogP) is 3.88. The minimum absolute atomic E-state index is 0.00405. The molecule has 0 spiro atoms. The van der Waals surface area contributed by atoms with E-state index in [2.05, 4.69) is 0 Å². The van der Waals surface area contributed by atoms with Gasteiger partial charge in [-0.05, 0) is 6.92 Å². The molecule has 0 bridgehead atoms. The molecule has 0 aliphatic heterocycles. The number of benzene rings is 2. The first-order valence-corrected chi connectivity index (χ1v) is 5.85. The highest BCUT2D eigenvalue weighted by atomic mass is 19.1. The number of nitrogen functional groups attached to an aromatic ring is 1. The second-order valence-corrected chi connectivity index (χ2v) is 3.96. The lowest BCUT2D eigenvalue weighted by Crippen LogP contribution is -1.99. The third-order valence-corrected chi connectivity index (χ3v) is 2.43. The average Bonchev–Trinajstić information content (AvgIpc) is 2.34. The molecule has 0 aromatic heterocycles. The third kappa shape index (κ3) is 3.14. The van der Waals surface area contributed by atoms with Gasteiger partial charge in [0.1, 0.15) is 17.4 Å². The molecule has 3 nitrogen and oxygen atoms in total. The second-order valence-electron chi connectivity index (χ2n) is 3.96. The van der Waals surface area contributed by atoms with Crippen molar-refractivity contribution in [3.63, 3.8) is 0 Å². The van der Waals surface area contributed by atoms with Crippen LogP contribution in [0.25, 0.3) is 0 Å². The molecule has 106 valence electrons. The van der Waals surface area contributed by atoms with E-state index in [-0.39, 0.29) is 29.5 Å². The fraction of sp³-hybridized carbons (Fsp3) is 0.143. The van der Waals surface area contributed by atoms with Crippen LogP contribution in [0.3, 0.4) is 0 Å². The molecule has 0 atom stereocenters. The number of nitrogens with two attached hydrogens (primary N) is 1. The quantitative estimate of drug-likeness (QED) is 0.866. The summed E-state index contributed by atoms with van der Waals surface area (Å²) in [4.78, 5) is 0. The van der Waals surface area contributed by atoms with Gasteiger partial charge in [-0.3, -0.25) is 0 Å². The van der Waals surface area contributed by atoms with Gasteiger partial charge in [0.2, 0.25) is 0 Å². The molecule has 6 heteroatoms. The van der Waals surface area contributed by atoms with Gasteiger partial charge in [0, 0.05) is 30.3 Å². The number of anilines is 1. The van der Waals surface area contributed by atoms with Crippen molar-refractivity contribution in [2.24, 2.45) is 0 Å². The molecule has 0 saturated heterocycles. The zero-order chi connectivity index (χ0) is 14.7. The van der Waals surface area contributed by atoms with Gasteiger partial charge in [-0.15, -0.1) is 0 Å². The second kappa shape index (κ2) is 5.73. The lowest BCUT2D eigenvalue weighted by Gasteiger charge is -2.12. The van der Waals surface area contributed by atoms with Crippen LogP contribution in [0.5, 0.6) is 17.2 Å².